The van der Waals surface area contributed by atoms with Gasteiger partial charge in [-0.25, -0.2) is 0 Å². The molecule has 2 heterocycles. The summed E-state index contributed by atoms with van der Waals surface area (Å²) < 4.78 is 1.82. The van der Waals surface area contributed by atoms with Crippen molar-refractivity contribution in [3.05, 3.63) is 29.7 Å². The zero-order chi connectivity index (χ0) is 13.7. The molecule has 2 rings (SSSR count). The van der Waals surface area contributed by atoms with Crippen LogP contribution in [0.3, 0.4) is 0 Å². The summed E-state index contributed by atoms with van der Waals surface area (Å²) in [5, 5.41) is 13.9. The van der Waals surface area contributed by atoms with Crippen molar-refractivity contribution in [3.8, 4) is 0 Å². The standard InChI is InChI=1S/C13H19N5O/c1-3-11-10(2)16-17-13(11)15-12(19)6-4-8-18-9-5-7-14-18/h5,7,9H,3-4,6,8H2,1-2H3,(H2,15,16,17,19). The molecule has 2 N–H and O–H groups in total. The summed E-state index contributed by atoms with van der Waals surface area (Å²) >= 11 is 0. The molecule has 0 aliphatic carbocycles. The fraction of sp³-hybridized carbons (Fsp3) is 0.462. The van der Waals surface area contributed by atoms with E-state index in [1.54, 1.807) is 6.20 Å². The summed E-state index contributed by atoms with van der Waals surface area (Å²) in [7, 11) is 0. The molecule has 0 aromatic carbocycles. The van der Waals surface area contributed by atoms with Crippen LogP contribution < -0.4 is 5.32 Å². The number of aromatic nitrogens is 4. The van der Waals surface area contributed by atoms with Crippen LogP contribution in [-0.4, -0.2) is 25.9 Å². The molecule has 0 saturated carbocycles. The number of rotatable bonds is 6. The van der Waals surface area contributed by atoms with Gasteiger partial charge in [-0.1, -0.05) is 6.92 Å². The summed E-state index contributed by atoms with van der Waals surface area (Å²) in [4.78, 5) is 11.8. The van der Waals surface area contributed by atoms with E-state index in [0.717, 1.165) is 30.6 Å². The maximum absolute atomic E-state index is 11.8. The number of H-pyrrole nitrogens is 1. The third-order valence-electron chi connectivity index (χ3n) is 3.04. The number of nitrogens with one attached hydrogen (secondary N) is 2. The molecule has 0 saturated heterocycles. The molecule has 0 unspecified atom stereocenters. The Hall–Kier alpha value is -2.11. The van der Waals surface area contributed by atoms with E-state index >= 15 is 0 Å². The predicted molar refractivity (Wildman–Crippen MR) is 72.8 cm³/mol. The second-order valence-electron chi connectivity index (χ2n) is 4.45. The van der Waals surface area contributed by atoms with Gasteiger partial charge in [-0.2, -0.15) is 10.2 Å². The Morgan fingerprint density at radius 1 is 1.53 bits per heavy atom. The van der Waals surface area contributed by atoms with Gasteiger partial charge in [-0.05, 0) is 25.8 Å². The summed E-state index contributed by atoms with van der Waals surface area (Å²) in [5.41, 5.74) is 2.08. The molecule has 102 valence electrons. The van der Waals surface area contributed by atoms with Crippen LogP contribution in [0.5, 0.6) is 0 Å². The second-order valence-corrected chi connectivity index (χ2v) is 4.45. The van der Waals surface area contributed by atoms with Crippen LogP contribution in [0, 0.1) is 6.92 Å². The van der Waals surface area contributed by atoms with E-state index in [9.17, 15) is 4.79 Å². The topological polar surface area (TPSA) is 75.6 Å². The number of nitrogens with zero attached hydrogens (tertiary/aromatic N) is 3. The van der Waals surface area contributed by atoms with E-state index in [2.05, 4.69) is 20.6 Å². The van der Waals surface area contributed by atoms with Crippen molar-refractivity contribution in [3.63, 3.8) is 0 Å². The quantitative estimate of drug-likeness (QED) is 0.833. The van der Waals surface area contributed by atoms with Crippen LogP contribution in [0.4, 0.5) is 5.82 Å². The van der Waals surface area contributed by atoms with E-state index < -0.39 is 0 Å². The van der Waals surface area contributed by atoms with Crippen LogP contribution in [-0.2, 0) is 17.8 Å². The smallest absolute Gasteiger partial charge is 0.225 e. The van der Waals surface area contributed by atoms with Crippen molar-refractivity contribution >= 4 is 11.7 Å². The Morgan fingerprint density at radius 3 is 3.05 bits per heavy atom. The fourth-order valence-corrected chi connectivity index (χ4v) is 2.02. The molecule has 0 fully saturated rings. The molecule has 0 bridgehead atoms. The highest BCUT2D eigenvalue weighted by Gasteiger charge is 2.11. The molecule has 0 aliphatic heterocycles. The molecule has 1 amide bonds. The molecular weight excluding hydrogens is 242 g/mol. The molecule has 0 atom stereocenters. The molecular formula is C13H19N5O. The average Bonchev–Trinajstić information content (AvgIpc) is 3.00. The molecule has 2 aromatic heterocycles. The number of aromatic amines is 1. The lowest BCUT2D eigenvalue weighted by atomic mass is 10.2. The minimum absolute atomic E-state index is 0.00615. The maximum atomic E-state index is 11.8. The number of aryl methyl sites for hydroxylation is 2. The van der Waals surface area contributed by atoms with Crippen molar-refractivity contribution in [2.24, 2.45) is 0 Å². The third kappa shape index (κ3) is 3.43. The first-order valence-electron chi connectivity index (χ1n) is 6.51. The van der Waals surface area contributed by atoms with Gasteiger partial charge >= 0.3 is 0 Å². The molecule has 19 heavy (non-hydrogen) atoms. The molecule has 6 nitrogen and oxygen atoms in total. The molecule has 0 radical (unpaired) electrons. The van der Waals surface area contributed by atoms with Crippen molar-refractivity contribution in [2.45, 2.75) is 39.7 Å². The lowest BCUT2D eigenvalue weighted by Gasteiger charge is -2.04. The Kier molecular flexibility index (Phi) is 4.33. The van der Waals surface area contributed by atoms with Gasteiger partial charge in [0.15, 0.2) is 5.82 Å². The van der Waals surface area contributed by atoms with Gasteiger partial charge in [0, 0.05) is 36.6 Å². The van der Waals surface area contributed by atoms with Crippen molar-refractivity contribution in [1.82, 2.24) is 20.0 Å². The first kappa shape index (κ1) is 13.3. The van der Waals surface area contributed by atoms with Gasteiger partial charge in [0.05, 0.1) is 0 Å². The first-order valence-corrected chi connectivity index (χ1v) is 6.51. The van der Waals surface area contributed by atoms with Crippen LogP contribution in [0.1, 0.15) is 31.0 Å². The number of hydrogen-bond donors (Lipinski definition) is 2. The monoisotopic (exact) mass is 261 g/mol. The Morgan fingerprint density at radius 2 is 2.37 bits per heavy atom. The van der Waals surface area contributed by atoms with Gasteiger partial charge in [0.1, 0.15) is 0 Å². The van der Waals surface area contributed by atoms with Crippen LogP contribution in [0.15, 0.2) is 18.5 Å². The van der Waals surface area contributed by atoms with Crippen LogP contribution >= 0.6 is 0 Å². The number of carbonyl (C=O) groups excluding carboxylic acids is 1. The van der Waals surface area contributed by atoms with E-state index in [0.29, 0.717) is 12.2 Å². The lowest BCUT2D eigenvalue weighted by Crippen LogP contribution is -2.14. The van der Waals surface area contributed by atoms with Gasteiger partial charge < -0.3 is 5.32 Å². The highest BCUT2D eigenvalue weighted by Crippen LogP contribution is 2.16. The number of amides is 1. The first-order chi connectivity index (χ1) is 9.20. The van der Waals surface area contributed by atoms with Crippen molar-refractivity contribution in [2.75, 3.05) is 5.32 Å². The predicted octanol–water partition coefficient (Wildman–Crippen LogP) is 1.90. The number of anilines is 1. The minimum atomic E-state index is -0.00615. The Balaban J connectivity index is 1.80. The minimum Gasteiger partial charge on any atom is -0.309 e. The maximum Gasteiger partial charge on any atom is 0.225 e. The van der Waals surface area contributed by atoms with Crippen LogP contribution in [0.2, 0.25) is 0 Å². The summed E-state index contributed by atoms with van der Waals surface area (Å²) in [6, 6.07) is 1.88. The molecule has 0 spiro atoms. The van der Waals surface area contributed by atoms with Gasteiger partial charge in [0.2, 0.25) is 5.91 Å². The van der Waals surface area contributed by atoms with Gasteiger partial charge in [-0.3, -0.25) is 14.6 Å². The molecule has 6 heteroatoms. The summed E-state index contributed by atoms with van der Waals surface area (Å²) in [6.45, 7) is 4.76. The highest BCUT2D eigenvalue weighted by atomic mass is 16.1. The lowest BCUT2D eigenvalue weighted by molar-refractivity contribution is -0.116. The van der Waals surface area contributed by atoms with Crippen molar-refractivity contribution < 1.29 is 4.79 Å². The molecule has 2 aromatic rings. The van der Waals surface area contributed by atoms with E-state index in [4.69, 9.17) is 0 Å². The Labute approximate surface area is 112 Å². The number of carbonyl (C=O) groups is 1. The molecule has 0 aliphatic rings. The third-order valence-corrected chi connectivity index (χ3v) is 3.04. The summed E-state index contributed by atoms with van der Waals surface area (Å²) in [5.74, 6) is 0.650. The zero-order valence-corrected chi connectivity index (χ0v) is 11.3. The summed E-state index contributed by atoms with van der Waals surface area (Å²) in [6.07, 6.45) is 5.71. The SMILES string of the molecule is CCc1c(NC(=O)CCCn2cccn2)n[nH]c1C. The largest absolute Gasteiger partial charge is 0.309 e. The average molecular weight is 261 g/mol. The van der Waals surface area contributed by atoms with Crippen molar-refractivity contribution in [1.29, 1.82) is 0 Å². The normalized spacial score (nSPS) is 10.6. The fourth-order valence-electron chi connectivity index (χ4n) is 2.02. The second kappa shape index (κ2) is 6.17. The van der Waals surface area contributed by atoms with Gasteiger partial charge in [-0.15, -0.1) is 0 Å². The number of hydrogen-bond acceptors (Lipinski definition) is 3. The van der Waals surface area contributed by atoms with E-state index in [-0.39, 0.29) is 5.91 Å². The van der Waals surface area contributed by atoms with Gasteiger partial charge in [0.25, 0.3) is 0 Å². The van der Waals surface area contributed by atoms with Crippen LogP contribution in [0.25, 0.3) is 0 Å². The van der Waals surface area contributed by atoms with E-state index in [1.807, 2.05) is 30.8 Å². The Bertz CT molecular complexity index is 529. The van der Waals surface area contributed by atoms with E-state index in [1.165, 1.54) is 0 Å². The zero-order valence-electron chi connectivity index (χ0n) is 11.3. The highest BCUT2D eigenvalue weighted by molar-refractivity contribution is 5.90.